The average molecular weight is 173 g/mol. The van der Waals surface area contributed by atoms with Gasteiger partial charge in [0.05, 0.1) is 5.69 Å². The lowest BCUT2D eigenvalue weighted by Gasteiger charge is -1.92. The van der Waals surface area contributed by atoms with Gasteiger partial charge in [-0.1, -0.05) is 12.1 Å². The van der Waals surface area contributed by atoms with Crippen LogP contribution < -0.4 is 0 Å². The largest absolute Gasteiger partial charge is 0.352 e. The second-order valence-electron chi connectivity index (χ2n) is 3.28. The van der Waals surface area contributed by atoms with Gasteiger partial charge in [0, 0.05) is 17.8 Å². The van der Waals surface area contributed by atoms with Gasteiger partial charge in [0.15, 0.2) is 5.78 Å². The Bertz CT molecular complexity index is 468. The molecule has 1 heterocycles. The number of fused-ring (bicyclic) bond motifs is 1. The Kier molecular flexibility index (Phi) is 1.69. The van der Waals surface area contributed by atoms with E-state index < -0.39 is 0 Å². The molecule has 0 unspecified atom stereocenters. The number of rotatable bonds is 1. The summed E-state index contributed by atoms with van der Waals surface area (Å²) in [6.07, 6.45) is 0. The maximum absolute atomic E-state index is 11.1. The lowest BCUT2D eigenvalue weighted by Crippen LogP contribution is -1.89. The molecule has 1 N–H and O–H groups in total. The number of hydrogen-bond acceptors (Lipinski definition) is 1. The highest BCUT2D eigenvalue weighted by Crippen LogP contribution is 2.19. The topological polar surface area (TPSA) is 32.9 Å². The molecule has 0 radical (unpaired) electrons. The Balaban J connectivity index is 2.75. The normalized spacial score (nSPS) is 10.6. The molecule has 0 spiro atoms. The summed E-state index contributed by atoms with van der Waals surface area (Å²) in [5, 5.41) is 1.13. The number of carbonyl (C=O) groups is 1. The molecule has 2 nitrogen and oxygen atoms in total. The van der Waals surface area contributed by atoms with Crippen LogP contribution in [0.2, 0.25) is 0 Å². The van der Waals surface area contributed by atoms with E-state index in [1.54, 1.807) is 6.92 Å². The van der Waals surface area contributed by atoms with Gasteiger partial charge in [-0.25, -0.2) is 0 Å². The van der Waals surface area contributed by atoms with Gasteiger partial charge in [-0.3, -0.25) is 4.79 Å². The van der Waals surface area contributed by atoms with E-state index in [9.17, 15) is 4.79 Å². The van der Waals surface area contributed by atoms with E-state index in [0.717, 1.165) is 10.9 Å². The van der Waals surface area contributed by atoms with Crippen LogP contribution in [0.5, 0.6) is 0 Å². The molecule has 2 heteroatoms. The molecule has 1 aromatic carbocycles. The highest BCUT2D eigenvalue weighted by atomic mass is 16.1. The number of ketones is 1. The van der Waals surface area contributed by atoms with Gasteiger partial charge in [0.1, 0.15) is 0 Å². The van der Waals surface area contributed by atoms with Crippen molar-refractivity contribution in [1.29, 1.82) is 0 Å². The molecule has 0 saturated carbocycles. The number of aryl methyl sites for hydroxylation is 1. The first-order valence-corrected chi connectivity index (χ1v) is 4.28. The zero-order valence-corrected chi connectivity index (χ0v) is 7.72. The van der Waals surface area contributed by atoms with Crippen molar-refractivity contribution in [3.63, 3.8) is 0 Å². The second-order valence-corrected chi connectivity index (χ2v) is 3.28. The van der Waals surface area contributed by atoms with Gasteiger partial charge >= 0.3 is 0 Å². The van der Waals surface area contributed by atoms with E-state index in [4.69, 9.17) is 0 Å². The first-order chi connectivity index (χ1) is 6.18. The molecule has 0 aliphatic rings. The predicted octanol–water partition coefficient (Wildman–Crippen LogP) is 2.68. The fourth-order valence-electron chi connectivity index (χ4n) is 1.50. The van der Waals surface area contributed by atoms with Crippen LogP contribution in [-0.2, 0) is 0 Å². The highest BCUT2D eigenvalue weighted by molar-refractivity contribution is 5.98. The van der Waals surface area contributed by atoms with E-state index in [-0.39, 0.29) is 5.78 Å². The van der Waals surface area contributed by atoms with Crippen LogP contribution in [0.1, 0.15) is 23.0 Å². The predicted molar refractivity (Wildman–Crippen MR) is 53.0 cm³/mol. The van der Waals surface area contributed by atoms with Crippen LogP contribution in [0.15, 0.2) is 24.3 Å². The van der Waals surface area contributed by atoms with Crippen molar-refractivity contribution in [2.24, 2.45) is 0 Å². The number of carbonyl (C=O) groups excluding carboxylic acids is 1. The number of aromatic amines is 1. The number of benzene rings is 1. The molecule has 1 aromatic heterocycles. The Morgan fingerprint density at radius 1 is 1.38 bits per heavy atom. The standard InChI is InChI=1S/C11H11NO/c1-7-4-3-5-10-9(7)6-11(12-10)8(2)13/h3-6,12H,1-2H3. The Morgan fingerprint density at radius 2 is 2.15 bits per heavy atom. The van der Waals surface area contributed by atoms with Gasteiger partial charge in [-0.15, -0.1) is 0 Å². The fourth-order valence-corrected chi connectivity index (χ4v) is 1.50. The van der Waals surface area contributed by atoms with Gasteiger partial charge in [0.25, 0.3) is 0 Å². The maximum Gasteiger partial charge on any atom is 0.175 e. The zero-order valence-electron chi connectivity index (χ0n) is 7.72. The van der Waals surface area contributed by atoms with E-state index in [2.05, 4.69) is 4.98 Å². The monoisotopic (exact) mass is 173 g/mol. The molecule has 0 fully saturated rings. The second kappa shape index (κ2) is 2.73. The fraction of sp³-hybridized carbons (Fsp3) is 0.182. The van der Waals surface area contributed by atoms with Crippen molar-refractivity contribution < 1.29 is 4.79 Å². The molecule has 0 bridgehead atoms. The molecular weight excluding hydrogens is 162 g/mol. The van der Waals surface area contributed by atoms with Crippen molar-refractivity contribution in [2.45, 2.75) is 13.8 Å². The molecule has 66 valence electrons. The minimum Gasteiger partial charge on any atom is -0.352 e. The van der Waals surface area contributed by atoms with E-state index in [1.165, 1.54) is 5.56 Å². The smallest absolute Gasteiger partial charge is 0.175 e. The van der Waals surface area contributed by atoms with E-state index in [0.29, 0.717) is 5.69 Å². The lowest BCUT2D eigenvalue weighted by atomic mass is 10.1. The number of hydrogen-bond donors (Lipinski definition) is 1. The minimum absolute atomic E-state index is 0.0793. The third kappa shape index (κ3) is 1.24. The highest BCUT2D eigenvalue weighted by Gasteiger charge is 2.05. The molecule has 0 aliphatic carbocycles. The van der Waals surface area contributed by atoms with Gasteiger partial charge in [-0.05, 0) is 24.6 Å². The molecule has 0 atom stereocenters. The number of Topliss-reactive ketones (excluding diaryl/α,β-unsaturated/α-hetero) is 1. The zero-order chi connectivity index (χ0) is 9.42. The first-order valence-electron chi connectivity index (χ1n) is 4.28. The van der Waals surface area contributed by atoms with Crippen LogP contribution in [0.4, 0.5) is 0 Å². The number of H-pyrrole nitrogens is 1. The summed E-state index contributed by atoms with van der Waals surface area (Å²) in [4.78, 5) is 14.2. The van der Waals surface area contributed by atoms with E-state index in [1.807, 2.05) is 31.2 Å². The number of aromatic nitrogens is 1. The van der Waals surface area contributed by atoms with Crippen molar-refractivity contribution in [1.82, 2.24) is 4.98 Å². The van der Waals surface area contributed by atoms with Crippen LogP contribution in [0.3, 0.4) is 0 Å². The van der Waals surface area contributed by atoms with E-state index >= 15 is 0 Å². The average Bonchev–Trinajstić information content (AvgIpc) is 2.49. The SMILES string of the molecule is CC(=O)c1cc2c(C)cccc2[nH]1. The Labute approximate surface area is 76.6 Å². The lowest BCUT2D eigenvalue weighted by molar-refractivity contribution is 0.101. The molecular formula is C11H11NO. The van der Waals surface area contributed by atoms with Crippen molar-refractivity contribution >= 4 is 16.7 Å². The summed E-state index contributed by atoms with van der Waals surface area (Å²) in [6.45, 7) is 3.61. The van der Waals surface area contributed by atoms with Crippen molar-refractivity contribution in [3.05, 3.63) is 35.5 Å². The van der Waals surface area contributed by atoms with Gasteiger partial charge in [-0.2, -0.15) is 0 Å². The Morgan fingerprint density at radius 3 is 2.77 bits per heavy atom. The summed E-state index contributed by atoms with van der Waals surface area (Å²) < 4.78 is 0. The summed E-state index contributed by atoms with van der Waals surface area (Å²) in [5.41, 5.74) is 2.91. The van der Waals surface area contributed by atoms with Crippen LogP contribution in [0.25, 0.3) is 10.9 Å². The van der Waals surface area contributed by atoms with Gasteiger partial charge in [0.2, 0.25) is 0 Å². The summed E-state index contributed by atoms with van der Waals surface area (Å²) in [6, 6.07) is 7.92. The first kappa shape index (κ1) is 8.05. The third-order valence-electron chi connectivity index (χ3n) is 2.26. The number of nitrogens with one attached hydrogen (secondary N) is 1. The van der Waals surface area contributed by atoms with Crippen LogP contribution >= 0.6 is 0 Å². The molecule has 0 saturated heterocycles. The molecule has 2 rings (SSSR count). The van der Waals surface area contributed by atoms with Crippen LogP contribution in [0, 0.1) is 6.92 Å². The quantitative estimate of drug-likeness (QED) is 0.661. The summed E-state index contributed by atoms with van der Waals surface area (Å²) in [7, 11) is 0. The van der Waals surface area contributed by atoms with Crippen molar-refractivity contribution in [2.75, 3.05) is 0 Å². The minimum atomic E-state index is 0.0793. The Hall–Kier alpha value is -1.57. The molecule has 0 aliphatic heterocycles. The van der Waals surface area contributed by atoms with Crippen molar-refractivity contribution in [3.8, 4) is 0 Å². The summed E-state index contributed by atoms with van der Waals surface area (Å²) in [5.74, 6) is 0.0793. The van der Waals surface area contributed by atoms with Crippen LogP contribution in [-0.4, -0.2) is 10.8 Å². The maximum atomic E-state index is 11.1. The molecule has 2 aromatic rings. The van der Waals surface area contributed by atoms with Gasteiger partial charge < -0.3 is 4.98 Å². The third-order valence-corrected chi connectivity index (χ3v) is 2.26. The molecule has 13 heavy (non-hydrogen) atoms. The summed E-state index contributed by atoms with van der Waals surface area (Å²) >= 11 is 0. The molecule has 0 amide bonds.